The summed E-state index contributed by atoms with van der Waals surface area (Å²) >= 11 is 5.76. The van der Waals surface area contributed by atoms with Crippen molar-refractivity contribution in [2.24, 2.45) is 0 Å². The first-order valence-electron chi connectivity index (χ1n) is 3.80. The highest BCUT2D eigenvalue weighted by atomic mass is 35.5. The van der Waals surface area contributed by atoms with Gasteiger partial charge in [-0.15, -0.1) is 24.0 Å². The predicted octanol–water partition coefficient (Wildman–Crippen LogP) is 2.80. The van der Waals surface area contributed by atoms with Gasteiger partial charge in [-0.2, -0.15) is 0 Å². The second-order valence-electron chi connectivity index (χ2n) is 2.76. The van der Waals surface area contributed by atoms with Gasteiger partial charge >= 0.3 is 0 Å². The van der Waals surface area contributed by atoms with Crippen molar-refractivity contribution in [3.8, 4) is 0 Å². The van der Waals surface area contributed by atoms with Crippen molar-refractivity contribution in [1.82, 2.24) is 9.38 Å². The van der Waals surface area contributed by atoms with Gasteiger partial charge in [0.1, 0.15) is 5.65 Å². The molecule has 0 unspecified atom stereocenters. The number of alkyl halides is 1. The maximum Gasteiger partial charge on any atom is 0.141 e. The van der Waals surface area contributed by atoms with Gasteiger partial charge < -0.3 is 4.40 Å². The van der Waals surface area contributed by atoms with Crippen molar-refractivity contribution in [3.63, 3.8) is 0 Å². The Kier molecular flexibility index (Phi) is 3.17. The number of hydrogen-bond donors (Lipinski definition) is 0. The second kappa shape index (κ2) is 3.99. The normalized spacial score (nSPS) is 10.0. The van der Waals surface area contributed by atoms with Crippen molar-refractivity contribution in [2.45, 2.75) is 12.8 Å². The Morgan fingerprint density at radius 3 is 3.00 bits per heavy atom. The fourth-order valence-electron chi connectivity index (χ4n) is 1.30. The highest BCUT2D eigenvalue weighted by Crippen LogP contribution is 2.12. The lowest BCUT2D eigenvalue weighted by Gasteiger charge is -1.99. The van der Waals surface area contributed by atoms with Gasteiger partial charge in [0.05, 0.1) is 5.88 Å². The number of aromatic nitrogens is 2. The van der Waals surface area contributed by atoms with Gasteiger partial charge in [-0.1, -0.05) is 6.07 Å². The van der Waals surface area contributed by atoms with Crippen LogP contribution in [0, 0.1) is 6.92 Å². The average Bonchev–Trinajstić information content (AvgIpc) is 2.48. The van der Waals surface area contributed by atoms with E-state index >= 15 is 0 Å². The molecule has 0 aliphatic heterocycles. The minimum atomic E-state index is 0. The summed E-state index contributed by atoms with van der Waals surface area (Å²) < 4.78 is 2.04. The van der Waals surface area contributed by atoms with E-state index in [1.54, 1.807) is 0 Å². The van der Waals surface area contributed by atoms with E-state index < -0.39 is 0 Å². The topological polar surface area (TPSA) is 17.3 Å². The summed E-state index contributed by atoms with van der Waals surface area (Å²) in [5.41, 5.74) is 3.18. The standard InChI is InChI=1S/C9H9ClN2.ClH/c1-7-6-11-9-8(5-10)3-2-4-12(7)9;/h2-4,6H,5H2,1H3;1H. The molecule has 0 amide bonds. The molecule has 70 valence electrons. The van der Waals surface area contributed by atoms with Crippen molar-refractivity contribution in [2.75, 3.05) is 0 Å². The lowest BCUT2D eigenvalue weighted by Crippen LogP contribution is -1.90. The number of fused-ring (bicyclic) bond motifs is 1. The monoisotopic (exact) mass is 216 g/mol. The molecule has 0 radical (unpaired) electrons. The molecule has 0 saturated heterocycles. The predicted molar refractivity (Wildman–Crippen MR) is 56.7 cm³/mol. The van der Waals surface area contributed by atoms with Crippen LogP contribution in [-0.4, -0.2) is 9.38 Å². The van der Waals surface area contributed by atoms with Crippen LogP contribution in [0.15, 0.2) is 24.5 Å². The first-order valence-corrected chi connectivity index (χ1v) is 4.34. The highest BCUT2D eigenvalue weighted by molar-refractivity contribution is 6.17. The third-order valence-electron chi connectivity index (χ3n) is 1.95. The first kappa shape index (κ1) is 10.4. The molecule has 4 heteroatoms. The number of halogens is 2. The number of aryl methyl sites for hydroxylation is 1. The summed E-state index contributed by atoms with van der Waals surface area (Å²) in [5, 5.41) is 0. The van der Waals surface area contributed by atoms with Crippen LogP contribution in [0.3, 0.4) is 0 Å². The molecule has 0 aromatic carbocycles. The van der Waals surface area contributed by atoms with E-state index in [-0.39, 0.29) is 12.4 Å². The molecule has 0 aliphatic rings. The van der Waals surface area contributed by atoms with Crippen LogP contribution >= 0.6 is 24.0 Å². The molecule has 2 heterocycles. The zero-order valence-corrected chi connectivity index (χ0v) is 8.77. The van der Waals surface area contributed by atoms with Crippen molar-refractivity contribution in [1.29, 1.82) is 0 Å². The summed E-state index contributed by atoms with van der Waals surface area (Å²) in [6.45, 7) is 2.03. The molecule has 2 aromatic heterocycles. The van der Waals surface area contributed by atoms with Crippen molar-refractivity contribution < 1.29 is 0 Å². The van der Waals surface area contributed by atoms with E-state index in [0.29, 0.717) is 5.88 Å². The molecule has 2 nitrogen and oxygen atoms in total. The third-order valence-corrected chi connectivity index (χ3v) is 2.23. The SMILES string of the molecule is Cc1cnc2c(CCl)cccn12.Cl. The Hall–Kier alpha value is -0.730. The maximum atomic E-state index is 5.76. The van der Waals surface area contributed by atoms with Gasteiger partial charge in [-0.3, -0.25) is 0 Å². The molecule has 2 aromatic rings. The smallest absolute Gasteiger partial charge is 0.141 e. The molecular formula is C9H10Cl2N2. The molecule has 0 spiro atoms. The molecular weight excluding hydrogens is 207 g/mol. The minimum Gasteiger partial charge on any atom is -0.304 e. The molecule has 0 N–H and O–H groups in total. The van der Waals surface area contributed by atoms with E-state index in [2.05, 4.69) is 4.98 Å². The van der Waals surface area contributed by atoms with Gasteiger partial charge in [-0.05, 0) is 13.0 Å². The van der Waals surface area contributed by atoms with Crippen LogP contribution in [0.2, 0.25) is 0 Å². The van der Waals surface area contributed by atoms with Crippen LogP contribution in [0.1, 0.15) is 11.3 Å². The molecule has 0 aliphatic carbocycles. The fraction of sp³-hybridized carbons (Fsp3) is 0.222. The van der Waals surface area contributed by atoms with E-state index in [9.17, 15) is 0 Å². The Morgan fingerprint density at radius 2 is 2.31 bits per heavy atom. The van der Waals surface area contributed by atoms with Crippen LogP contribution in [0.4, 0.5) is 0 Å². The molecule has 0 bridgehead atoms. The van der Waals surface area contributed by atoms with E-state index in [1.165, 1.54) is 0 Å². The van der Waals surface area contributed by atoms with Crippen molar-refractivity contribution in [3.05, 3.63) is 35.8 Å². The lowest BCUT2D eigenvalue weighted by molar-refractivity contribution is 1.09. The number of rotatable bonds is 1. The summed E-state index contributed by atoms with van der Waals surface area (Å²) in [6.07, 6.45) is 3.85. The Morgan fingerprint density at radius 1 is 1.54 bits per heavy atom. The molecule has 0 fully saturated rings. The summed E-state index contributed by atoms with van der Waals surface area (Å²) in [7, 11) is 0. The zero-order valence-electron chi connectivity index (χ0n) is 7.20. The molecule has 0 atom stereocenters. The molecule has 13 heavy (non-hydrogen) atoms. The molecule has 2 rings (SSSR count). The maximum absolute atomic E-state index is 5.76. The van der Waals surface area contributed by atoms with E-state index in [4.69, 9.17) is 11.6 Å². The van der Waals surface area contributed by atoms with E-state index in [1.807, 2.05) is 35.9 Å². The average molecular weight is 217 g/mol. The van der Waals surface area contributed by atoms with Gasteiger partial charge in [0.2, 0.25) is 0 Å². The Balaban J connectivity index is 0.000000845. The van der Waals surface area contributed by atoms with Gasteiger partial charge in [-0.25, -0.2) is 4.98 Å². The lowest BCUT2D eigenvalue weighted by atomic mass is 10.3. The van der Waals surface area contributed by atoms with Crippen LogP contribution in [0.25, 0.3) is 5.65 Å². The van der Waals surface area contributed by atoms with Crippen LogP contribution in [0.5, 0.6) is 0 Å². The van der Waals surface area contributed by atoms with Gasteiger partial charge in [0.25, 0.3) is 0 Å². The minimum absolute atomic E-state index is 0. The second-order valence-corrected chi connectivity index (χ2v) is 3.03. The summed E-state index contributed by atoms with van der Waals surface area (Å²) in [4.78, 5) is 4.27. The summed E-state index contributed by atoms with van der Waals surface area (Å²) in [5.74, 6) is 0.515. The van der Waals surface area contributed by atoms with Gasteiger partial charge in [0, 0.05) is 23.7 Å². The largest absolute Gasteiger partial charge is 0.304 e. The highest BCUT2D eigenvalue weighted by Gasteiger charge is 2.02. The Labute approximate surface area is 88.0 Å². The number of hydrogen-bond acceptors (Lipinski definition) is 1. The fourth-order valence-corrected chi connectivity index (χ4v) is 1.50. The van der Waals surface area contributed by atoms with Crippen LogP contribution < -0.4 is 0 Å². The molecule has 0 saturated carbocycles. The number of pyridine rings is 1. The number of nitrogens with zero attached hydrogens (tertiary/aromatic N) is 2. The van der Waals surface area contributed by atoms with Gasteiger partial charge in [0.15, 0.2) is 0 Å². The Bertz CT molecular complexity index is 409. The quantitative estimate of drug-likeness (QED) is 0.671. The van der Waals surface area contributed by atoms with Crippen LogP contribution in [-0.2, 0) is 5.88 Å². The zero-order chi connectivity index (χ0) is 8.55. The van der Waals surface area contributed by atoms with Crippen molar-refractivity contribution >= 4 is 29.7 Å². The van der Waals surface area contributed by atoms with E-state index in [0.717, 1.165) is 16.9 Å². The number of imidazole rings is 1. The third kappa shape index (κ3) is 1.64. The summed E-state index contributed by atoms with van der Waals surface area (Å²) in [6, 6.07) is 3.98. The first-order chi connectivity index (χ1) is 5.83.